The van der Waals surface area contributed by atoms with Gasteiger partial charge in [0, 0.05) is 11.5 Å². The lowest BCUT2D eigenvalue weighted by molar-refractivity contribution is 0.154. The van der Waals surface area contributed by atoms with E-state index in [2.05, 4.69) is 16.6 Å². The standard InChI is InChI=1S/C22H25N3O3/c1-17(18-12-13-20(27-2)21(16-18)28-3)22(26,19-10-6-4-7-11-19)14-8-5-9-15-24-25-23/h4,6-8,10-14,16,26H,1,5,9,15H2,2-3H3/b14-8-. The molecular weight excluding hydrogens is 354 g/mol. The molecule has 0 aliphatic carbocycles. The van der Waals surface area contributed by atoms with Gasteiger partial charge in [0.1, 0.15) is 5.60 Å². The van der Waals surface area contributed by atoms with E-state index < -0.39 is 5.60 Å². The highest BCUT2D eigenvalue weighted by Gasteiger charge is 2.31. The van der Waals surface area contributed by atoms with Crippen LogP contribution in [0.15, 0.2) is 72.4 Å². The molecule has 0 saturated heterocycles. The molecule has 2 aromatic carbocycles. The lowest BCUT2D eigenvalue weighted by Gasteiger charge is -2.28. The SMILES string of the molecule is C=C(c1ccc(OC)c(OC)c1)C(O)(/C=C\CCCN=[N+]=[N-])c1ccccc1. The van der Waals surface area contributed by atoms with E-state index in [0.717, 1.165) is 5.56 Å². The van der Waals surface area contributed by atoms with Gasteiger partial charge in [0.25, 0.3) is 0 Å². The number of hydrogen-bond acceptors (Lipinski definition) is 4. The van der Waals surface area contributed by atoms with Gasteiger partial charge in [0.2, 0.25) is 0 Å². The van der Waals surface area contributed by atoms with Crippen LogP contribution in [0.2, 0.25) is 0 Å². The number of rotatable bonds is 10. The average molecular weight is 379 g/mol. The third kappa shape index (κ3) is 4.94. The molecule has 28 heavy (non-hydrogen) atoms. The number of aliphatic hydroxyl groups is 1. The van der Waals surface area contributed by atoms with Crippen LogP contribution < -0.4 is 9.47 Å². The first-order valence-electron chi connectivity index (χ1n) is 8.95. The Balaban J connectivity index is 2.37. The van der Waals surface area contributed by atoms with Crippen molar-refractivity contribution in [2.45, 2.75) is 18.4 Å². The molecule has 2 rings (SSSR count). The summed E-state index contributed by atoms with van der Waals surface area (Å²) in [5, 5.41) is 15.1. The maximum atomic E-state index is 11.6. The van der Waals surface area contributed by atoms with Crippen molar-refractivity contribution in [2.24, 2.45) is 5.11 Å². The molecule has 0 aliphatic rings. The number of benzene rings is 2. The Hall–Kier alpha value is -3.21. The van der Waals surface area contributed by atoms with Crippen LogP contribution in [0.1, 0.15) is 24.0 Å². The van der Waals surface area contributed by atoms with Gasteiger partial charge in [0.05, 0.1) is 14.2 Å². The van der Waals surface area contributed by atoms with Crippen LogP contribution in [-0.4, -0.2) is 25.9 Å². The molecule has 146 valence electrons. The molecule has 0 bridgehead atoms. The minimum absolute atomic E-state index is 0.418. The Morgan fingerprint density at radius 2 is 1.89 bits per heavy atom. The highest BCUT2D eigenvalue weighted by molar-refractivity contribution is 5.75. The van der Waals surface area contributed by atoms with Crippen molar-refractivity contribution in [3.05, 3.63) is 88.8 Å². The first-order chi connectivity index (χ1) is 13.6. The summed E-state index contributed by atoms with van der Waals surface area (Å²) in [5.41, 5.74) is 8.93. The Bertz CT molecular complexity index is 874. The maximum Gasteiger partial charge on any atom is 0.161 e. The van der Waals surface area contributed by atoms with Crippen molar-refractivity contribution in [2.75, 3.05) is 20.8 Å². The van der Waals surface area contributed by atoms with E-state index in [-0.39, 0.29) is 0 Å². The minimum Gasteiger partial charge on any atom is -0.493 e. The number of methoxy groups -OCH3 is 2. The number of ether oxygens (including phenoxy) is 2. The average Bonchev–Trinajstić information content (AvgIpc) is 2.75. The van der Waals surface area contributed by atoms with E-state index >= 15 is 0 Å². The van der Waals surface area contributed by atoms with Crippen LogP contribution in [0, 0.1) is 0 Å². The van der Waals surface area contributed by atoms with Crippen LogP contribution in [0.5, 0.6) is 11.5 Å². The molecule has 1 atom stereocenters. The molecule has 0 aliphatic heterocycles. The molecule has 6 nitrogen and oxygen atoms in total. The van der Waals surface area contributed by atoms with Gasteiger partial charge in [0.15, 0.2) is 11.5 Å². The van der Waals surface area contributed by atoms with E-state index in [9.17, 15) is 5.11 Å². The fourth-order valence-electron chi connectivity index (χ4n) is 2.89. The van der Waals surface area contributed by atoms with E-state index in [4.69, 9.17) is 15.0 Å². The molecule has 0 fully saturated rings. The van der Waals surface area contributed by atoms with Gasteiger partial charge < -0.3 is 14.6 Å². The Morgan fingerprint density at radius 3 is 2.54 bits per heavy atom. The normalized spacial score (nSPS) is 12.8. The van der Waals surface area contributed by atoms with E-state index in [1.54, 1.807) is 32.4 Å². The molecule has 0 amide bonds. The number of nitrogens with zero attached hydrogens (tertiary/aromatic N) is 3. The first kappa shape index (κ1) is 21.1. The van der Waals surface area contributed by atoms with Crippen molar-refractivity contribution in [3.63, 3.8) is 0 Å². The summed E-state index contributed by atoms with van der Waals surface area (Å²) < 4.78 is 10.7. The summed E-state index contributed by atoms with van der Waals surface area (Å²) in [7, 11) is 3.14. The zero-order valence-corrected chi connectivity index (χ0v) is 16.2. The molecule has 1 unspecified atom stereocenters. The van der Waals surface area contributed by atoms with Gasteiger partial charge in [-0.2, -0.15) is 0 Å². The molecule has 0 heterocycles. The third-order valence-corrected chi connectivity index (χ3v) is 4.46. The van der Waals surface area contributed by atoms with Crippen LogP contribution in [0.4, 0.5) is 0 Å². The smallest absolute Gasteiger partial charge is 0.161 e. The minimum atomic E-state index is -1.39. The summed E-state index contributed by atoms with van der Waals surface area (Å²) in [6.45, 7) is 4.59. The molecular formula is C22H25N3O3. The second-order valence-corrected chi connectivity index (χ2v) is 6.18. The summed E-state index contributed by atoms with van der Waals surface area (Å²) >= 11 is 0. The van der Waals surface area contributed by atoms with Gasteiger partial charge in [-0.05, 0) is 53.3 Å². The topological polar surface area (TPSA) is 87.5 Å². The summed E-state index contributed by atoms with van der Waals surface area (Å²) in [6, 6.07) is 14.8. The molecule has 1 N–H and O–H groups in total. The van der Waals surface area contributed by atoms with Crippen molar-refractivity contribution in [3.8, 4) is 11.5 Å². The Kier molecular flexibility index (Phi) is 7.69. The quantitative estimate of drug-likeness (QED) is 0.201. The summed E-state index contributed by atoms with van der Waals surface area (Å²) in [5.74, 6) is 1.17. The first-order valence-corrected chi connectivity index (χ1v) is 8.95. The van der Waals surface area contributed by atoms with Crippen LogP contribution in [-0.2, 0) is 5.60 Å². The molecule has 6 heteroatoms. The third-order valence-electron chi connectivity index (χ3n) is 4.46. The van der Waals surface area contributed by atoms with Crippen molar-refractivity contribution < 1.29 is 14.6 Å². The predicted octanol–water partition coefficient (Wildman–Crippen LogP) is 5.25. The second kappa shape index (κ2) is 10.2. The highest BCUT2D eigenvalue weighted by Crippen LogP contribution is 2.39. The van der Waals surface area contributed by atoms with Crippen LogP contribution in [0.25, 0.3) is 16.0 Å². The van der Waals surface area contributed by atoms with Crippen molar-refractivity contribution in [1.29, 1.82) is 0 Å². The lowest BCUT2D eigenvalue weighted by Crippen LogP contribution is -2.24. The van der Waals surface area contributed by atoms with Gasteiger partial charge in [-0.25, -0.2) is 0 Å². The largest absolute Gasteiger partial charge is 0.493 e. The van der Waals surface area contributed by atoms with Gasteiger partial charge in [-0.1, -0.05) is 54.2 Å². The Morgan fingerprint density at radius 1 is 1.18 bits per heavy atom. The maximum absolute atomic E-state index is 11.6. The molecule has 2 aromatic rings. The monoisotopic (exact) mass is 379 g/mol. The fourth-order valence-corrected chi connectivity index (χ4v) is 2.89. The van der Waals surface area contributed by atoms with Crippen LogP contribution >= 0.6 is 0 Å². The number of hydrogen-bond donors (Lipinski definition) is 1. The lowest BCUT2D eigenvalue weighted by atomic mass is 9.82. The zero-order valence-electron chi connectivity index (χ0n) is 16.2. The fraction of sp³-hybridized carbons (Fsp3) is 0.273. The predicted molar refractivity (Wildman–Crippen MR) is 111 cm³/mol. The zero-order chi connectivity index (χ0) is 20.4. The highest BCUT2D eigenvalue weighted by atomic mass is 16.5. The number of azide groups is 1. The molecule has 0 radical (unpaired) electrons. The van der Waals surface area contributed by atoms with E-state index in [1.807, 2.05) is 42.5 Å². The van der Waals surface area contributed by atoms with E-state index in [0.29, 0.717) is 42.0 Å². The summed E-state index contributed by atoms with van der Waals surface area (Å²) in [6.07, 6.45) is 4.99. The van der Waals surface area contributed by atoms with Gasteiger partial charge in [-0.15, -0.1) is 0 Å². The van der Waals surface area contributed by atoms with E-state index in [1.165, 1.54) is 0 Å². The van der Waals surface area contributed by atoms with Crippen molar-refractivity contribution >= 4 is 5.57 Å². The molecule has 0 spiro atoms. The Labute approximate surface area is 165 Å². The van der Waals surface area contributed by atoms with Gasteiger partial charge >= 0.3 is 0 Å². The molecule has 0 saturated carbocycles. The number of allylic oxidation sites excluding steroid dienone is 1. The summed E-state index contributed by atoms with van der Waals surface area (Å²) in [4.78, 5) is 2.74. The number of unbranched alkanes of at least 4 members (excludes halogenated alkanes) is 1. The van der Waals surface area contributed by atoms with Crippen molar-refractivity contribution in [1.82, 2.24) is 0 Å². The molecule has 0 aromatic heterocycles. The van der Waals surface area contributed by atoms with Gasteiger partial charge in [-0.3, -0.25) is 0 Å². The van der Waals surface area contributed by atoms with Crippen LogP contribution in [0.3, 0.4) is 0 Å². The second-order valence-electron chi connectivity index (χ2n) is 6.18.